The average Bonchev–Trinajstić information content (AvgIpc) is 2.48. The molecule has 0 saturated carbocycles. The zero-order valence-electron chi connectivity index (χ0n) is 7.77. The van der Waals surface area contributed by atoms with Gasteiger partial charge in [-0.25, -0.2) is 0 Å². The Morgan fingerprint density at radius 2 is 2.14 bits per heavy atom. The van der Waals surface area contributed by atoms with E-state index in [1.54, 1.807) is 0 Å². The molecule has 0 saturated heterocycles. The number of fused-ring (bicyclic) bond motifs is 1. The number of nitrogens with two attached hydrogens (primary N) is 1. The van der Waals surface area contributed by atoms with Crippen LogP contribution in [-0.2, 0) is 11.2 Å². The molecule has 0 radical (unpaired) electrons. The van der Waals surface area contributed by atoms with E-state index in [1.807, 2.05) is 23.1 Å². The van der Waals surface area contributed by atoms with E-state index in [9.17, 15) is 4.79 Å². The Morgan fingerprint density at radius 1 is 1.43 bits per heavy atom. The third-order valence-electron chi connectivity index (χ3n) is 2.33. The van der Waals surface area contributed by atoms with E-state index < -0.39 is 0 Å². The number of anilines is 1. The van der Waals surface area contributed by atoms with Crippen molar-refractivity contribution in [2.75, 3.05) is 18.0 Å². The van der Waals surface area contributed by atoms with Gasteiger partial charge in [-0.05, 0) is 18.1 Å². The van der Waals surface area contributed by atoms with Gasteiger partial charge in [-0.15, -0.1) is 12.4 Å². The van der Waals surface area contributed by atoms with E-state index >= 15 is 0 Å². The number of halogens is 1. The summed E-state index contributed by atoms with van der Waals surface area (Å²) in [6.07, 6.45) is 1.02. The Labute approximate surface area is 89.3 Å². The molecule has 1 aromatic rings. The molecule has 1 heterocycles. The third-order valence-corrected chi connectivity index (χ3v) is 2.33. The molecular weight excluding hydrogens is 200 g/mol. The summed E-state index contributed by atoms with van der Waals surface area (Å²) in [5.74, 6) is -0.267. The summed E-state index contributed by atoms with van der Waals surface area (Å²) in [5, 5.41) is 0. The second-order valence-electron chi connectivity index (χ2n) is 3.27. The second kappa shape index (κ2) is 4.33. The molecule has 0 atom stereocenters. The van der Waals surface area contributed by atoms with Crippen LogP contribution in [0.15, 0.2) is 24.3 Å². The molecule has 0 spiro atoms. The summed E-state index contributed by atoms with van der Waals surface area (Å²) in [6, 6.07) is 8.13. The van der Waals surface area contributed by atoms with E-state index in [2.05, 4.69) is 6.07 Å². The predicted molar refractivity (Wildman–Crippen MR) is 58.8 cm³/mol. The summed E-state index contributed by atoms with van der Waals surface area (Å²) in [4.78, 5) is 12.8. The molecule has 3 nitrogen and oxygen atoms in total. The van der Waals surface area contributed by atoms with Gasteiger partial charge in [0.2, 0.25) is 5.91 Å². The molecule has 0 aliphatic carbocycles. The van der Waals surface area contributed by atoms with Gasteiger partial charge in [0.15, 0.2) is 0 Å². The average molecular weight is 213 g/mol. The Kier molecular flexibility index (Phi) is 3.36. The number of amides is 1. The number of benzene rings is 1. The third kappa shape index (κ3) is 1.99. The Bertz CT molecular complexity index is 341. The maximum Gasteiger partial charge on any atom is 0.236 e. The molecular formula is C10H13ClN2O. The lowest BCUT2D eigenvalue weighted by molar-refractivity contribution is -0.116. The predicted octanol–water partition coefficient (Wildman–Crippen LogP) is 0.956. The van der Waals surface area contributed by atoms with E-state index in [4.69, 9.17) is 5.73 Å². The first kappa shape index (κ1) is 10.9. The lowest BCUT2D eigenvalue weighted by atomic mass is 10.2. The van der Waals surface area contributed by atoms with Crippen molar-refractivity contribution >= 4 is 24.0 Å². The maximum atomic E-state index is 10.7. The van der Waals surface area contributed by atoms with E-state index in [0.717, 1.165) is 18.7 Å². The van der Waals surface area contributed by atoms with E-state index in [-0.39, 0.29) is 18.3 Å². The molecule has 0 unspecified atom stereocenters. The summed E-state index contributed by atoms with van der Waals surface area (Å²) in [7, 11) is 0. The van der Waals surface area contributed by atoms with E-state index in [1.165, 1.54) is 5.56 Å². The first-order valence-electron chi connectivity index (χ1n) is 4.38. The zero-order chi connectivity index (χ0) is 9.26. The van der Waals surface area contributed by atoms with Gasteiger partial charge in [0.25, 0.3) is 0 Å². The van der Waals surface area contributed by atoms with Gasteiger partial charge >= 0.3 is 0 Å². The highest BCUT2D eigenvalue weighted by Crippen LogP contribution is 2.26. The van der Waals surface area contributed by atoms with Crippen molar-refractivity contribution in [1.82, 2.24) is 0 Å². The number of para-hydroxylation sites is 1. The minimum atomic E-state index is -0.267. The highest BCUT2D eigenvalue weighted by molar-refractivity contribution is 5.85. The van der Waals surface area contributed by atoms with Crippen LogP contribution < -0.4 is 10.6 Å². The fourth-order valence-corrected chi connectivity index (χ4v) is 1.76. The standard InChI is InChI=1S/C10H12N2O.ClH/c11-10(13)7-12-6-5-8-3-1-2-4-9(8)12;/h1-4H,5-7H2,(H2,11,13);1H. The van der Waals surface area contributed by atoms with E-state index in [0.29, 0.717) is 6.54 Å². The zero-order valence-corrected chi connectivity index (χ0v) is 8.59. The van der Waals surface area contributed by atoms with Crippen LogP contribution in [0.25, 0.3) is 0 Å². The van der Waals surface area contributed by atoms with Crippen LogP contribution in [-0.4, -0.2) is 19.0 Å². The van der Waals surface area contributed by atoms with Crippen molar-refractivity contribution in [2.45, 2.75) is 6.42 Å². The molecule has 1 aliphatic rings. The summed E-state index contributed by atoms with van der Waals surface area (Å²) in [5.41, 5.74) is 7.61. The van der Waals surface area contributed by atoms with Crippen LogP contribution in [0.2, 0.25) is 0 Å². The molecule has 76 valence electrons. The normalized spacial score (nSPS) is 13.3. The summed E-state index contributed by atoms with van der Waals surface area (Å²) >= 11 is 0. The van der Waals surface area contributed by atoms with Crippen molar-refractivity contribution in [3.63, 3.8) is 0 Å². The number of rotatable bonds is 2. The number of primary amides is 1. The van der Waals surface area contributed by atoms with Gasteiger partial charge in [0.05, 0.1) is 6.54 Å². The molecule has 0 aromatic heterocycles. The van der Waals surface area contributed by atoms with Crippen LogP contribution in [0.5, 0.6) is 0 Å². The van der Waals surface area contributed by atoms with Crippen LogP contribution in [0.1, 0.15) is 5.56 Å². The van der Waals surface area contributed by atoms with Crippen molar-refractivity contribution in [3.05, 3.63) is 29.8 Å². The van der Waals surface area contributed by atoms with Gasteiger partial charge in [0, 0.05) is 12.2 Å². The molecule has 1 aromatic carbocycles. The SMILES string of the molecule is Cl.NC(=O)CN1CCc2ccccc21. The molecule has 0 fully saturated rings. The quantitative estimate of drug-likeness (QED) is 0.794. The first-order chi connectivity index (χ1) is 6.27. The smallest absolute Gasteiger partial charge is 0.236 e. The second-order valence-corrected chi connectivity index (χ2v) is 3.27. The van der Waals surface area contributed by atoms with Crippen molar-refractivity contribution in [1.29, 1.82) is 0 Å². The number of hydrogen-bond donors (Lipinski definition) is 1. The largest absolute Gasteiger partial charge is 0.368 e. The minimum Gasteiger partial charge on any atom is -0.368 e. The van der Waals surface area contributed by atoms with Crippen LogP contribution in [0.3, 0.4) is 0 Å². The summed E-state index contributed by atoms with van der Waals surface area (Å²) < 4.78 is 0. The number of nitrogens with zero attached hydrogens (tertiary/aromatic N) is 1. The minimum absolute atomic E-state index is 0. The fourth-order valence-electron chi connectivity index (χ4n) is 1.76. The van der Waals surface area contributed by atoms with Crippen molar-refractivity contribution in [2.24, 2.45) is 5.73 Å². The summed E-state index contributed by atoms with van der Waals surface area (Å²) in [6.45, 7) is 1.24. The van der Waals surface area contributed by atoms with Crippen LogP contribution >= 0.6 is 12.4 Å². The topological polar surface area (TPSA) is 46.3 Å². The maximum absolute atomic E-state index is 10.7. The number of carbonyl (C=O) groups is 1. The first-order valence-corrected chi connectivity index (χ1v) is 4.38. The molecule has 2 rings (SSSR count). The van der Waals surface area contributed by atoms with Gasteiger partial charge in [0.1, 0.15) is 0 Å². The molecule has 1 amide bonds. The molecule has 4 heteroatoms. The number of carbonyl (C=O) groups excluding carboxylic acids is 1. The monoisotopic (exact) mass is 212 g/mol. The fraction of sp³-hybridized carbons (Fsp3) is 0.300. The highest BCUT2D eigenvalue weighted by Gasteiger charge is 2.18. The van der Waals surface area contributed by atoms with Crippen molar-refractivity contribution < 1.29 is 4.79 Å². The van der Waals surface area contributed by atoms with Crippen LogP contribution in [0, 0.1) is 0 Å². The Balaban J connectivity index is 0.000000980. The Morgan fingerprint density at radius 3 is 2.86 bits per heavy atom. The molecule has 1 aliphatic heterocycles. The lowest BCUT2D eigenvalue weighted by Gasteiger charge is -2.16. The Hall–Kier alpha value is -1.22. The molecule has 0 bridgehead atoms. The van der Waals surface area contributed by atoms with Gasteiger partial charge < -0.3 is 10.6 Å². The van der Waals surface area contributed by atoms with Crippen molar-refractivity contribution in [3.8, 4) is 0 Å². The van der Waals surface area contributed by atoms with Gasteiger partial charge in [-0.1, -0.05) is 18.2 Å². The van der Waals surface area contributed by atoms with Gasteiger partial charge in [-0.3, -0.25) is 4.79 Å². The van der Waals surface area contributed by atoms with Crippen LogP contribution in [0.4, 0.5) is 5.69 Å². The highest BCUT2D eigenvalue weighted by atomic mass is 35.5. The lowest BCUT2D eigenvalue weighted by Crippen LogP contribution is -2.32. The van der Waals surface area contributed by atoms with Gasteiger partial charge in [-0.2, -0.15) is 0 Å². The molecule has 2 N–H and O–H groups in total. The molecule has 14 heavy (non-hydrogen) atoms. The number of hydrogen-bond acceptors (Lipinski definition) is 2.